The van der Waals surface area contributed by atoms with Gasteiger partial charge in [-0.25, -0.2) is 8.42 Å². The standard InChI is InChI=1S/C29H33Cl2N3O5S2/c1-5-32-29(36)20(3)33(18-21-11-12-22(30)17-25(21)31)28(35)19-34(26-9-7-8-10-27(26)39-6-2)41(37,38)24-15-13-23(40-4)14-16-24/h7-17,20H,5-6,18-19H2,1-4H3,(H,32,36). The first-order valence-electron chi connectivity index (χ1n) is 12.9. The third-order valence-electron chi connectivity index (χ3n) is 6.23. The second kappa shape index (κ2) is 14.8. The molecule has 1 unspecified atom stereocenters. The Morgan fingerprint density at radius 3 is 2.32 bits per heavy atom. The van der Waals surface area contributed by atoms with Gasteiger partial charge in [-0.2, -0.15) is 0 Å². The van der Waals surface area contributed by atoms with E-state index >= 15 is 0 Å². The summed E-state index contributed by atoms with van der Waals surface area (Å²) < 4.78 is 34.9. The molecule has 12 heteroatoms. The molecule has 0 saturated carbocycles. The Hall–Kier alpha value is -2.92. The van der Waals surface area contributed by atoms with Crippen molar-refractivity contribution in [2.75, 3.05) is 30.3 Å². The van der Waals surface area contributed by atoms with E-state index in [4.69, 9.17) is 27.9 Å². The lowest BCUT2D eigenvalue weighted by Gasteiger charge is -2.32. The molecule has 0 radical (unpaired) electrons. The fourth-order valence-electron chi connectivity index (χ4n) is 4.07. The summed E-state index contributed by atoms with van der Waals surface area (Å²) in [5.74, 6) is -0.690. The Bertz CT molecular complexity index is 1470. The molecule has 0 aliphatic carbocycles. The normalized spacial score (nSPS) is 12.0. The maximum Gasteiger partial charge on any atom is 0.264 e. The average molecular weight is 639 g/mol. The van der Waals surface area contributed by atoms with Gasteiger partial charge in [0.2, 0.25) is 11.8 Å². The van der Waals surface area contributed by atoms with E-state index in [9.17, 15) is 18.0 Å². The number of hydrogen-bond donors (Lipinski definition) is 1. The second-order valence-corrected chi connectivity index (χ2v) is 12.5. The highest BCUT2D eigenvalue weighted by atomic mass is 35.5. The van der Waals surface area contributed by atoms with Crippen LogP contribution in [-0.2, 0) is 26.2 Å². The van der Waals surface area contributed by atoms with Crippen LogP contribution in [0.2, 0.25) is 10.0 Å². The number of nitrogens with one attached hydrogen (secondary N) is 1. The molecule has 1 N–H and O–H groups in total. The molecule has 3 aromatic rings. The number of thioether (sulfide) groups is 1. The first kappa shape index (κ1) is 32.6. The summed E-state index contributed by atoms with van der Waals surface area (Å²) in [5, 5.41) is 3.47. The monoisotopic (exact) mass is 637 g/mol. The number of sulfonamides is 1. The van der Waals surface area contributed by atoms with E-state index in [1.807, 2.05) is 6.26 Å². The van der Waals surface area contributed by atoms with E-state index in [1.165, 1.54) is 28.8 Å². The molecule has 0 spiro atoms. The number of likely N-dealkylation sites (N-methyl/N-ethyl adjacent to an activating group) is 1. The molecule has 0 fully saturated rings. The molecular formula is C29H33Cl2N3O5S2. The molecule has 220 valence electrons. The SMILES string of the molecule is CCNC(=O)C(C)N(Cc1ccc(Cl)cc1Cl)C(=O)CN(c1ccccc1OCC)S(=O)(=O)c1ccc(SC)cc1. The first-order chi connectivity index (χ1) is 19.5. The summed E-state index contributed by atoms with van der Waals surface area (Å²) in [5.41, 5.74) is 0.754. The number of rotatable bonds is 13. The van der Waals surface area contributed by atoms with Gasteiger partial charge < -0.3 is 15.0 Å². The number of benzene rings is 3. The van der Waals surface area contributed by atoms with E-state index in [1.54, 1.807) is 75.4 Å². The highest BCUT2D eigenvalue weighted by Gasteiger charge is 2.34. The number of hydrogen-bond acceptors (Lipinski definition) is 6. The lowest BCUT2D eigenvalue weighted by atomic mass is 10.1. The predicted octanol–water partition coefficient (Wildman–Crippen LogP) is 5.86. The van der Waals surface area contributed by atoms with Crippen molar-refractivity contribution in [1.29, 1.82) is 0 Å². The number of anilines is 1. The van der Waals surface area contributed by atoms with Gasteiger partial charge >= 0.3 is 0 Å². The molecule has 8 nitrogen and oxygen atoms in total. The Morgan fingerprint density at radius 1 is 1.02 bits per heavy atom. The van der Waals surface area contributed by atoms with Crippen molar-refractivity contribution in [1.82, 2.24) is 10.2 Å². The summed E-state index contributed by atoms with van der Waals surface area (Å²) in [7, 11) is -4.24. The van der Waals surface area contributed by atoms with Gasteiger partial charge in [-0.15, -0.1) is 11.8 Å². The Kier molecular flexibility index (Phi) is 11.8. The van der Waals surface area contributed by atoms with Crippen molar-refractivity contribution in [2.24, 2.45) is 0 Å². The molecule has 2 amide bonds. The van der Waals surface area contributed by atoms with Crippen LogP contribution in [0.1, 0.15) is 26.3 Å². The predicted molar refractivity (Wildman–Crippen MR) is 166 cm³/mol. The van der Waals surface area contributed by atoms with Crippen LogP contribution in [0.25, 0.3) is 0 Å². The molecule has 0 aliphatic rings. The maximum atomic E-state index is 14.1. The number of carbonyl (C=O) groups excluding carboxylic acids is 2. The third-order valence-corrected chi connectivity index (χ3v) is 9.34. The molecule has 0 heterocycles. The highest BCUT2D eigenvalue weighted by Crippen LogP contribution is 2.33. The zero-order chi connectivity index (χ0) is 30.2. The minimum Gasteiger partial charge on any atom is -0.492 e. The quantitative estimate of drug-likeness (QED) is 0.236. The van der Waals surface area contributed by atoms with E-state index in [-0.39, 0.29) is 29.6 Å². The van der Waals surface area contributed by atoms with Crippen LogP contribution < -0.4 is 14.4 Å². The molecule has 41 heavy (non-hydrogen) atoms. The Labute approximate surface area is 256 Å². The number of amides is 2. The smallest absolute Gasteiger partial charge is 0.264 e. The summed E-state index contributed by atoms with van der Waals surface area (Å²) in [6, 6.07) is 17.0. The van der Waals surface area contributed by atoms with E-state index in [0.29, 0.717) is 27.9 Å². The van der Waals surface area contributed by atoms with E-state index < -0.39 is 28.5 Å². The van der Waals surface area contributed by atoms with Crippen molar-refractivity contribution in [3.05, 3.63) is 82.3 Å². The second-order valence-electron chi connectivity index (χ2n) is 8.92. The molecule has 3 aromatic carbocycles. The van der Waals surface area contributed by atoms with Gasteiger partial charge in [-0.05, 0) is 81.1 Å². The maximum absolute atomic E-state index is 14.1. The van der Waals surface area contributed by atoms with E-state index in [0.717, 1.165) is 9.20 Å². The van der Waals surface area contributed by atoms with Gasteiger partial charge in [-0.1, -0.05) is 41.4 Å². The van der Waals surface area contributed by atoms with Crippen molar-refractivity contribution < 1.29 is 22.7 Å². The number of nitrogens with zero attached hydrogens (tertiary/aromatic N) is 2. The molecular weight excluding hydrogens is 605 g/mol. The topological polar surface area (TPSA) is 96.0 Å². The number of halogens is 2. The molecule has 0 saturated heterocycles. The summed E-state index contributed by atoms with van der Waals surface area (Å²) in [6.45, 7) is 5.16. The van der Waals surface area contributed by atoms with Crippen molar-refractivity contribution in [3.8, 4) is 5.75 Å². The lowest BCUT2D eigenvalue weighted by Crippen LogP contribution is -2.51. The Balaban J connectivity index is 2.10. The van der Waals surface area contributed by atoms with Gasteiger partial charge in [0.1, 0.15) is 18.3 Å². The minimum absolute atomic E-state index is 0.0125. The van der Waals surface area contributed by atoms with Crippen LogP contribution in [0, 0.1) is 0 Å². The first-order valence-corrected chi connectivity index (χ1v) is 16.3. The fraction of sp³-hybridized carbons (Fsp3) is 0.310. The molecule has 3 rings (SSSR count). The van der Waals surface area contributed by atoms with Crippen LogP contribution in [0.5, 0.6) is 5.75 Å². The molecule has 1 atom stereocenters. The molecule has 0 bridgehead atoms. The van der Waals surface area contributed by atoms with Crippen LogP contribution in [-0.4, -0.2) is 57.1 Å². The van der Waals surface area contributed by atoms with Crippen molar-refractivity contribution in [3.63, 3.8) is 0 Å². The minimum atomic E-state index is -4.24. The number of para-hydroxylation sites is 2. The van der Waals surface area contributed by atoms with Gasteiger partial charge in [0.05, 0.1) is 17.2 Å². The number of carbonyl (C=O) groups is 2. The zero-order valence-corrected chi connectivity index (χ0v) is 26.4. The van der Waals surface area contributed by atoms with E-state index in [2.05, 4.69) is 5.32 Å². The van der Waals surface area contributed by atoms with Crippen LogP contribution in [0.3, 0.4) is 0 Å². The zero-order valence-electron chi connectivity index (χ0n) is 23.3. The molecule has 0 aromatic heterocycles. The number of ether oxygens (including phenoxy) is 1. The van der Waals surface area contributed by atoms with Crippen LogP contribution in [0.4, 0.5) is 5.69 Å². The van der Waals surface area contributed by atoms with Crippen LogP contribution >= 0.6 is 35.0 Å². The van der Waals surface area contributed by atoms with Crippen molar-refractivity contribution in [2.45, 2.75) is 43.1 Å². The van der Waals surface area contributed by atoms with Gasteiger partial charge in [0.25, 0.3) is 10.0 Å². The third kappa shape index (κ3) is 8.09. The van der Waals surface area contributed by atoms with Gasteiger partial charge in [-0.3, -0.25) is 13.9 Å². The lowest BCUT2D eigenvalue weighted by molar-refractivity contribution is -0.139. The summed E-state index contributed by atoms with van der Waals surface area (Å²) in [4.78, 5) is 29.1. The summed E-state index contributed by atoms with van der Waals surface area (Å²) >= 11 is 14.0. The van der Waals surface area contributed by atoms with Crippen LogP contribution in [0.15, 0.2) is 76.5 Å². The highest BCUT2D eigenvalue weighted by molar-refractivity contribution is 7.98. The Morgan fingerprint density at radius 2 is 1.71 bits per heavy atom. The van der Waals surface area contributed by atoms with Gasteiger partial charge in [0, 0.05) is 28.0 Å². The average Bonchev–Trinajstić information content (AvgIpc) is 2.95. The van der Waals surface area contributed by atoms with Crippen molar-refractivity contribution >= 4 is 62.5 Å². The molecule has 0 aliphatic heterocycles. The summed E-state index contributed by atoms with van der Waals surface area (Å²) in [6.07, 6.45) is 1.89. The van der Waals surface area contributed by atoms with Gasteiger partial charge in [0.15, 0.2) is 0 Å². The fourth-order valence-corrected chi connectivity index (χ4v) is 6.37. The largest absolute Gasteiger partial charge is 0.492 e.